The van der Waals surface area contributed by atoms with Crippen LogP contribution in [-0.2, 0) is 9.05 Å². The average Bonchev–Trinajstić information content (AvgIpc) is 2.84. The number of alkyl halides is 2. The molecule has 0 radical (unpaired) electrons. The number of rotatable bonds is 3. The molecule has 1 aromatic rings. The van der Waals surface area contributed by atoms with Gasteiger partial charge in [-0.15, -0.1) is 10.2 Å². The maximum atomic E-state index is 12.7. The first-order chi connectivity index (χ1) is 7.91. The van der Waals surface area contributed by atoms with Crippen LogP contribution >= 0.6 is 10.7 Å². The van der Waals surface area contributed by atoms with Crippen LogP contribution in [0.15, 0.2) is 5.16 Å². The molecule has 0 atom stereocenters. The maximum Gasteiger partial charge on any atom is 0.297 e. The van der Waals surface area contributed by atoms with Crippen LogP contribution in [0.3, 0.4) is 0 Å². The van der Waals surface area contributed by atoms with Gasteiger partial charge in [0, 0.05) is 16.7 Å². The maximum absolute atomic E-state index is 12.7. The molecule has 17 heavy (non-hydrogen) atoms. The van der Waals surface area contributed by atoms with Crippen LogP contribution in [0.4, 0.5) is 8.78 Å². The van der Waals surface area contributed by atoms with Crippen molar-refractivity contribution >= 4 is 19.7 Å². The van der Waals surface area contributed by atoms with Crippen LogP contribution in [0.25, 0.3) is 0 Å². The molecule has 0 bridgehead atoms. The minimum absolute atomic E-state index is 0.308. The summed E-state index contributed by atoms with van der Waals surface area (Å²) < 4.78 is 48.9. The lowest BCUT2D eigenvalue weighted by Crippen LogP contribution is -2.14. The van der Waals surface area contributed by atoms with E-state index in [0.717, 1.165) is 17.4 Å². The van der Waals surface area contributed by atoms with Crippen molar-refractivity contribution in [2.24, 2.45) is 0 Å². The van der Waals surface area contributed by atoms with Gasteiger partial charge in [0.05, 0.1) is 0 Å². The molecule has 1 fully saturated rings. The van der Waals surface area contributed by atoms with Crippen molar-refractivity contribution in [1.29, 1.82) is 0 Å². The molecule has 1 aliphatic rings. The fraction of sp³-hybridized carbons (Fsp3) is 0.750. The lowest BCUT2D eigenvalue weighted by Gasteiger charge is -2.15. The second kappa shape index (κ2) is 4.49. The van der Waals surface area contributed by atoms with Crippen molar-refractivity contribution in [2.45, 2.75) is 43.3 Å². The Balaban J connectivity index is 2.54. The van der Waals surface area contributed by atoms with E-state index < -0.39 is 26.5 Å². The van der Waals surface area contributed by atoms with E-state index in [1.165, 1.54) is 0 Å². The molecule has 0 spiro atoms. The molecule has 0 unspecified atom stereocenters. The third-order valence-electron chi connectivity index (χ3n) is 2.79. The largest absolute Gasteiger partial charge is 0.297 e. The Bertz CT molecular complexity index is 511. The molecule has 1 aromatic heterocycles. The van der Waals surface area contributed by atoms with E-state index in [4.69, 9.17) is 10.7 Å². The summed E-state index contributed by atoms with van der Waals surface area (Å²) in [5.74, 6) is -0.629. The first-order valence-corrected chi connectivity index (χ1v) is 7.40. The molecule has 9 heteroatoms. The van der Waals surface area contributed by atoms with Gasteiger partial charge in [-0.1, -0.05) is 12.8 Å². The van der Waals surface area contributed by atoms with E-state index in [9.17, 15) is 17.2 Å². The summed E-state index contributed by atoms with van der Waals surface area (Å²) in [6.07, 6.45) is 0.143. The molecule has 0 aliphatic heterocycles. The monoisotopic (exact) mass is 285 g/mol. The van der Waals surface area contributed by atoms with Gasteiger partial charge in [-0.05, 0) is 12.8 Å². The summed E-state index contributed by atoms with van der Waals surface area (Å²) in [5, 5.41) is 5.91. The van der Waals surface area contributed by atoms with Crippen LogP contribution < -0.4 is 0 Å². The van der Waals surface area contributed by atoms with Crippen molar-refractivity contribution in [3.05, 3.63) is 5.82 Å². The predicted molar refractivity (Wildman–Crippen MR) is 55.5 cm³/mol. The predicted octanol–water partition coefficient (Wildman–Crippen LogP) is 2.26. The van der Waals surface area contributed by atoms with Gasteiger partial charge in [-0.25, -0.2) is 17.2 Å². The second-order valence-electron chi connectivity index (χ2n) is 3.89. The molecule has 0 saturated heterocycles. The Morgan fingerprint density at radius 3 is 2.35 bits per heavy atom. The fourth-order valence-corrected chi connectivity index (χ4v) is 3.04. The van der Waals surface area contributed by atoms with E-state index in [1.807, 2.05) is 0 Å². The van der Waals surface area contributed by atoms with Gasteiger partial charge in [0.25, 0.3) is 20.6 Å². The van der Waals surface area contributed by atoms with Gasteiger partial charge in [0.15, 0.2) is 0 Å². The van der Waals surface area contributed by atoms with Gasteiger partial charge in [0.2, 0.25) is 5.82 Å². The highest BCUT2D eigenvalue weighted by Crippen LogP contribution is 2.35. The number of aromatic nitrogens is 3. The summed E-state index contributed by atoms with van der Waals surface area (Å²) in [6, 6.07) is -0.308. The van der Waals surface area contributed by atoms with E-state index in [1.54, 1.807) is 0 Å². The molecule has 1 saturated carbocycles. The molecule has 1 aliphatic carbocycles. The highest BCUT2D eigenvalue weighted by Gasteiger charge is 2.32. The first kappa shape index (κ1) is 12.7. The van der Waals surface area contributed by atoms with Crippen LogP contribution in [0, 0.1) is 0 Å². The molecule has 96 valence electrons. The Labute approximate surface area is 101 Å². The summed E-state index contributed by atoms with van der Waals surface area (Å²) in [7, 11) is 1.01. The topological polar surface area (TPSA) is 64.8 Å². The number of halogens is 3. The van der Waals surface area contributed by atoms with Crippen LogP contribution in [0.5, 0.6) is 0 Å². The van der Waals surface area contributed by atoms with E-state index in [0.29, 0.717) is 12.8 Å². The number of hydrogen-bond acceptors (Lipinski definition) is 4. The Morgan fingerprint density at radius 2 is 1.88 bits per heavy atom. The third kappa shape index (κ3) is 2.42. The summed E-state index contributed by atoms with van der Waals surface area (Å²) >= 11 is 0. The fourth-order valence-electron chi connectivity index (χ4n) is 2.11. The molecule has 1 heterocycles. The summed E-state index contributed by atoms with van der Waals surface area (Å²) in [4.78, 5) is 0. The zero-order chi connectivity index (χ0) is 12.6. The van der Waals surface area contributed by atoms with Crippen LogP contribution in [0.2, 0.25) is 0 Å². The molecular formula is C8H10ClF2N3O2S. The van der Waals surface area contributed by atoms with Gasteiger partial charge >= 0.3 is 0 Å². The van der Waals surface area contributed by atoms with Crippen molar-refractivity contribution < 1.29 is 17.2 Å². The van der Waals surface area contributed by atoms with Crippen LogP contribution in [0.1, 0.15) is 44.0 Å². The summed E-state index contributed by atoms with van der Waals surface area (Å²) in [5.41, 5.74) is 0. The minimum Gasteiger partial charge on any atom is -0.293 e. The van der Waals surface area contributed by atoms with Crippen LogP contribution in [-0.4, -0.2) is 23.2 Å². The van der Waals surface area contributed by atoms with Crippen molar-refractivity contribution in [1.82, 2.24) is 14.8 Å². The molecule has 0 aromatic carbocycles. The third-order valence-corrected chi connectivity index (χ3v) is 3.92. The van der Waals surface area contributed by atoms with E-state index in [-0.39, 0.29) is 6.04 Å². The molecule has 5 nitrogen and oxygen atoms in total. The van der Waals surface area contributed by atoms with Crippen molar-refractivity contribution in [3.63, 3.8) is 0 Å². The quantitative estimate of drug-likeness (QED) is 0.799. The van der Waals surface area contributed by atoms with E-state index >= 15 is 0 Å². The molecular weight excluding hydrogens is 276 g/mol. The smallest absolute Gasteiger partial charge is 0.293 e. The van der Waals surface area contributed by atoms with Gasteiger partial charge in [0.1, 0.15) is 0 Å². The molecule has 2 rings (SSSR count). The normalized spacial score (nSPS) is 18.1. The summed E-state index contributed by atoms with van der Waals surface area (Å²) in [6.45, 7) is 0. The molecule has 0 N–H and O–H groups in total. The lowest BCUT2D eigenvalue weighted by molar-refractivity contribution is 0.131. The Morgan fingerprint density at radius 1 is 1.29 bits per heavy atom. The number of hydrogen-bond donors (Lipinski definition) is 0. The van der Waals surface area contributed by atoms with Gasteiger partial charge in [-0.3, -0.25) is 4.57 Å². The van der Waals surface area contributed by atoms with E-state index in [2.05, 4.69) is 10.2 Å². The second-order valence-corrected chi connectivity index (χ2v) is 6.35. The zero-order valence-corrected chi connectivity index (χ0v) is 10.3. The minimum atomic E-state index is -4.16. The zero-order valence-electron chi connectivity index (χ0n) is 8.68. The molecule has 0 amide bonds. The van der Waals surface area contributed by atoms with Crippen molar-refractivity contribution in [3.8, 4) is 0 Å². The highest BCUT2D eigenvalue weighted by molar-refractivity contribution is 8.13. The van der Waals surface area contributed by atoms with Gasteiger partial charge in [-0.2, -0.15) is 0 Å². The number of nitrogens with zero attached hydrogens (tertiary/aromatic N) is 3. The highest BCUT2D eigenvalue weighted by atomic mass is 35.7. The SMILES string of the molecule is O=S(=O)(Cl)c1nnc(C(F)F)n1C1CCCC1. The van der Waals surface area contributed by atoms with Gasteiger partial charge < -0.3 is 0 Å². The first-order valence-electron chi connectivity index (χ1n) is 5.09. The Hall–Kier alpha value is -0.760. The standard InChI is InChI=1S/C8H10ClF2N3O2S/c9-17(15,16)8-13-12-7(6(10)11)14(8)5-3-1-2-4-5/h5-6H,1-4H2. The van der Waals surface area contributed by atoms with Crippen molar-refractivity contribution in [2.75, 3.05) is 0 Å². The Kier molecular flexibility index (Phi) is 3.35. The lowest BCUT2D eigenvalue weighted by atomic mass is 10.2. The average molecular weight is 286 g/mol.